The fourth-order valence-electron chi connectivity index (χ4n) is 2.17. The van der Waals surface area contributed by atoms with E-state index in [-0.39, 0.29) is 11.7 Å². The monoisotopic (exact) mass is 273 g/mol. The number of hydrogen-bond donors (Lipinski definition) is 1. The van der Waals surface area contributed by atoms with Crippen LogP contribution in [-0.4, -0.2) is 39.1 Å². The third kappa shape index (κ3) is 2.08. The van der Waals surface area contributed by atoms with Gasteiger partial charge in [0.2, 0.25) is 0 Å². The van der Waals surface area contributed by atoms with Crippen LogP contribution in [0.4, 0.5) is 0 Å². The minimum atomic E-state index is -0.881. The van der Waals surface area contributed by atoms with Crippen molar-refractivity contribution in [3.63, 3.8) is 0 Å². The van der Waals surface area contributed by atoms with Gasteiger partial charge in [0.15, 0.2) is 5.76 Å². The summed E-state index contributed by atoms with van der Waals surface area (Å²) in [6, 6.07) is 3.58. The van der Waals surface area contributed by atoms with E-state index in [1.807, 2.05) is 6.07 Å². The van der Waals surface area contributed by atoms with Gasteiger partial charge in [-0.25, -0.2) is 0 Å². The van der Waals surface area contributed by atoms with Gasteiger partial charge in [0, 0.05) is 31.0 Å². The lowest BCUT2D eigenvalue weighted by Crippen LogP contribution is -2.42. The zero-order chi connectivity index (χ0) is 14.1. The Morgan fingerprint density at radius 2 is 2.30 bits per heavy atom. The van der Waals surface area contributed by atoms with E-state index < -0.39 is 6.10 Å². The summed E-state index contributed by atoms with van der Waals surface area (Å²) in [5.74, 6) is 0.0630. The average Bonchev–Trinajstić information content (AvgIpc) is 2.82. The maximum Gasteiger partial charge on any atom is 0.259 e. The molecule has 1 unspecified atom stereocenters. The molecule has 0 aromatic carbocycles. The van der Waals surface area contributed by atoms with E-state index in [1.54, 1.807) is 30.3 Å². The van der Waals surface area contributed by atoms with Crippen LogP contribution in [0.3, 0.4) is 0 Å². The Morgan fingerprint density at radius 1 is 1.50 bits per heavy atom. The molecule has 3 heterocycles. The van der Waals surface area contributed by atoms with Crippen LogP contribution in [0.1, 0.15) is 35.6 Å². The number of aromatic nitrogens is 2. The van der Waals surface area contributed by atoms with E-state index in [0.29, 0.717) is 16.8 Å². The van der Waals surface area contributed by atoms with Gasteiger partial charge in [-0.2, -0.15) is 0 Å². The Bertz CT molecular complexity index is 618. The Labute approximate surface area is 116 Å². The number of pyridine rings is 1. The SMILES string of the molecule is CC(O)c1onc(-c2cccnc2)c1C(=O)N1CCC1. The van der Waals surface area contributed by atoms with Crippen LogP contribution in [0.15, 0.2) is 29.0 Å². The molecule has 1 aliphatic heterocycles. The normalized spacial score (nSPS) is 15.8. The quantitative estimate of drug-likeness (QED) is 0.919. The first-order valence-electron chi connectivity index (χ1n) is 6.56. The van der Waals surface area contributed by atoms with Gasteiger partial charge < -0.3 is 14.5 Å². The molecule has 0 bridgehead atoms. The number of aliphatic hydroxyl groups excluding tert-OH is 1. The van der Waals surface area contributed by atoms with Crippen LogP contribution >= 0.6 is 0 Å². The number of carbonyl (C=O) groups is 1. The van der Waals surface area contributed by atoms with Gasteiger partial charge in [0.1, 0.15) is 17.4 Å². The molecule has 1 N–H and O–H groups in total. The maximum absolute atomic E-state index is 12.5. The van der Waals surface area contributed by atoms with E-state index in [1.165, 1.54) is 0 Å². The number of aliphatic hydroxyl groups is 1. The molecular weight excluding hydrogens is 258 g/mol. The van der Waals surface area contributed by atoms with Crippen molar-refractivity contribution in [3.05, 3.63) is 35.9 Å². The minimum absolute atomic E-state index is 0.146. The van der Waals surface area contributed by atoms with Gasteiger partial charge in [0.05, 0.1) is 0 Å². The van der Waals surface area contributed by atoms with Crippen LogP contribution in [0.25, 0.3) is 11.3 Å². The van der Waals surface area contributed by atoms with Gasteiger partial charge >= 0.3 is 0 Å². The van der Waals surface area contributed by atoms with Crippen molar-refractivity contribution >= 4 is 5.91 Å². The predicted octanol–water partition coefficient (Wildman–Crippen LogP) is 1.64. The first-order chi connectivity index (χ1) is 9.68. The van der Waals surface area contributed by atoms with Crippen molar-refractivity contribution in [1.82, 2.24) is 15.0 Å². The van der Waals surface area contributed by atoms with Crippen LogP contribution in [0, 0.1) is 0 Å². The highest BCUT2D eigenvalue weighted by molar-refractivity contribution is 6.01. The second-order valence-electron chi connectivity index (χ2n) is 4.83. The fourth-order valence-corrected chi connectivity index (χ4v) is 2.17. The standard InChI is InChI=1S/C14H15N3O3/c1-9(18)13-11(14(19)17-6-3-7-17)12(16-20-13)10-4-2-5-15-8-10/h2,4-5,8-9,18H,3,6-7H2,1H3. The molecule has 1 amide bonds. The lowest BCUT2D eigenvalue weighted by Gasteiger charge is -2.31. The van der Waals surface area contributed by atoms with Crippen molar-refractivity contribution in [2.24, 2.45) is 0 Å². The highest BCUT2D eigenvalue weighted by Crippen LogP contribution is 2.30. The maximum atomic E-state index is 12.5. The molecule has 1 atom stereocenters. The van der Waals surface area contributed by atoms with Crippen molar-refractivity contribution in [1.29, 1.82) is 0 Å². The molecule has 0 saturated carbocycles. The summed E-state index contributed by atoms with van der Waals surface area (Å²) in [6.45, 7) is 3.02. The summed E-state index contributed by atoms with van der Waals surface area (Å²) >= 11 is 0. The Morgan fingerprint density at radius 3 is 2.85 bits per heavy atom. The number of hydrogen-bond acceptors (Lipinski definition) is 5. The number of amides is 1. The van der Waals surface area contributed by atoms with Crippen LogP contribution in [0.5, 0.6) is 0 Å². The lowest BCUT2D eigenvalue weighted by molar-refractivity contribution is 0.0641. The average molecular weight is 273 g/mol. The molecule has 6 heteroatoms. The Kier molecular flexibility index (Phi) is 3.23. The van der Waals surface area contributed by atoms with Gasteiger partial charge in [-0.05, 0) is 25.5 Å². The molecule has 20 heavy (non-hydrogen) atoms. The van der Waals surface area contributed by atoms with E-state index in [2.05, 4.69) is 10.1 Å². The van der Waals surface area contributed by atoms with Crippen molar-refractivity contribution in [2.45, 2.75) is 19.4 Å². The van der Waals surface area contributed by atoms with Gasteiger partial charge in [-0.3, -0.25) is 9.78 Å². The Hall–Kier alpha value is -2.21. The topological polar surface area (TPSA) is 79.5 Å². The summed E-state index contributed by atoms with van der Waals surface area (Å²) in [6.07, 6.45) is 3.39. The van der Waals surface area contributed by atoms with E-state index in [4.69, 9.17) is 4.52 Å². The van der Waals surface area contributed by atoms with Crippen molar-refractivity contribution < 1.29 is 14.4 Å². The smallest absolute Gasteiger partial charge is 0.259 e. The number of nitrogens with zero attached hydrogens (tertiary/aromatic N) is 3. The lowest BCUT2D eigenvalue weighted by atomic mass is 10.0. The van der Waals surface area contributed by atoms with Crippen LogP contribution in [-0.2, 0) is 0 Å². The first-order valence-corrected chi connectivity index (χ1v) is 6.56. The molecule has 3 rings (SSSR count). The van der Waals surface area contributed by atoms with E-state index in [0.717, 1.165) is 19.5 Å². The number of likely N-dealkylation sites (tertiary alicyclic amines) is 1. The molecule has 1 fully saturated rings. The van der Waals surface area contributed by atoms with Crippen LogP contribution < -0.4 is 0 Å². The zero-order valence-corrected chi connectivity index (χ0v) is 11.1. The molecular formula is C14H15N3O3. The first kappa shape index (κ1) is 12.8. The number of rotatable bonds is 3. The molecule has 1 aliphatic rings. The molecule has 104 valence electrons. The number of carbonyl (C=O) groups excluding carboxylic acids is 1. The molecule has 6 nitrogen and oxygen atoms in total. The summed E-state index contributed by atoms with van der Waals surface area (Å²) in [7, 11) is 0. The highest BCUT2D eigenvalue weighted by Gasteiger charge is 2.31. The summed E-state index contributed by atoms with van der Waals surface area (Å²) < 4.78 is 5.18. The van der Waals surface area contributed by atoms with E-state index >= 15 is 0 Å². The second-order valence-corrected chi connectivity index (χ2v) is 4.83. The molecule has 0 spiro atoms. The predicted molar refractivity (Wildman–Crippen MR) is 70.9 cm³/mol. The van der Waals surface area contributed by atoms with Crippen LogP contribution in [0.2, 0.25) is 0 Å². The fraction of sp³-hybridized carbons (Fsp3) is 0.357. The van der Waals surface area contributed by atoms with Gasteiger partial charge in [0.25, 0.3) is 5.91 Å². The summed E-state index contributed by atoms with van der Waals surface area (Å²) in [5, 5.41) is 13.7. The van der Waals surface area contributed by atoms with Crippen molar-refractivity contribution in [2.75, 3.05) is 13.1 Å². The largest absolute Gasteiger partial charge is 0.385 e. The molecule has 2 aromatic heterocycles. The highest BCUT2D eigenvalue weighted by atomic mass is 16.5. The summed E-state index contributed by atoms with van der Waals surface area (Å²) in [5.41, 5.74) is 1.48. The van der Waals surface area contributed by atoms with Gasteiger partial charge in [-0.1, -0.05) is 5.16 Å². The van der Waals surface area contributed by atoms with E-state index in [9.17, 15) is 9.90 Å². The third-order valence-corrected chi connectivity index (χ3v) is 3.39. The summed E-state index contributed by atoms with van der Waals surface area (Å²) in [4.78, 5) is 18.2. The second kappa shape index (κ2) is 5.05. The Balaban J connectivity index is 2.08. The van der Waals surface area contributed by atoms with Gasteiger partial charge in [-0.15, -0.1) is 0 Å². The minimum Gasteiger partial charge on any atom is -0.385 e. The third-order valence-electron chi connectivity index (χ3n) is 3.39. The molecule has 2 aromatic rings. The molecule has 1 saturated heterocycles. The molecule has 0 radical (unpaired) electrons. The molecule has 0 aliphatic carbocycles. The van der Waals surface area contributed by atoms with Crippen molar-refractivity contribution in [3.8, 4) is 11.3 Å². The zero-order valence-electron chi connectivity index (χ0n) is 11.1.